The fourth-order valence-electron chi connectivity index (χ4n) is 2.73. The predicted octanol–water partition coefficient (Wildman–Crippen LogP) is 4.23. The number of halogens is 1. The van der Waals surface area contributed by atoms with Gasteiger partial charge in [-0.05, 0) is 41.8 Å². The van der Waals surface area contributed by atoms with Gasteiger partial charge in [-0.25, -0.2) is 12.8 Å². The number of hydrogen-bond acceptors (Lipinski definition) is 3. The van der Waals surface area contributed by atoms with Gasteiger partial charge in [0.05, 0.1) is 10.5 Å². The van der Waals surface area contributed by atoms with Crippen molar-refractivity contribution in [2.45, 2.75) is 38.5 Å². The fourth-order valence-corrected chi connectivity index (χ4v) is 4.21. The predicted molar refractivity (Wildman–Crippen MR) is 105 cm³/mol. The molecule has 0 fully saturated rings. The highest BCUT2D eigenvalue weighted by Crippen LogP contribution is 2.22. The van der Waals surface area contributed by atoms with Crippen molar-refractivity contribution in [2.24, 2.45) is 0 Å². The molecule has 0 atom stereocenters. The number of rotatable bonds is 7. The van der Waals surface area contributed by atoms with Crippen LogP contribution in [0.15, 0.2) is 47.4 Å². The summed E-state index contributed by atoms with van der Waals surface area (Å²) < 4.78 is 40.7. The van der Waals surface area contributed by atoms with Crippen LogP contribution in [-0.2, 0) is 10.0 Å². The molecule has 0 aliphatic carbocycles. The van der Waals surface area contributed by atoms with Gasteiger partial charge < -0.3 is 5.32 Å². The van der Waals surface area contributed by atoms with Crippen molar-refractivity contribution in [2.75, 3.05) is 18.4 Å². The summed E-state index contributed by atoms with van der Waals surface area (Å²) in [6.45, 7) is 8.09. The van der Waals surface area contributed by atoms with Crippen LogP contribution in [0.25, 0.3) is 0 Å². The zero-order valence-electron chi connectivity index (χ0n) is 16.0. The molecule has 27 heavy (non-hydrogen) atoms. The van der Waals surface area contributed by atoms with E-state index in [0.29, 0.717) is 18.8 Å². The van der Waals surface area contributed by atoms with Gasteiger partial charge in [-0.1, -0.05) is 39.8 Å². The number of hydrogen-bond donors (Lipinski definition) is 1. The Balaban J connectivity index is 2.36. The summed E-state index contributed by atoms with van der Waals surface area (Å²) in [6, 6.07) is 10.6. The van der Waals surface area contributed by atoms with Crippen LogP contribution in [0.5, 0.6) is 0 Å². The third-order valence-corrected chi connectivity index (χ3v) is 6.38. The molecule has 0 saturated carbocycles. The molecular formula is C20H25FN2O3S. The number of anilines is 1. The molecule has 2 rings (SSSR count). The van der Waals surface area contributed by atoms with Crippen molar-refractivity contribution >= 4 is 21.6 Å². The Morgan fingerprint density at radius 2 is 1.78 bits per heavy atom. The smallest absolute Gasteiger partial charge is 0.258 e. The largest absolute Gasteiger partial charge is 0.322 e. The molecule has 1 amide bonds. The van der Waals surface area contributed by atoms with Crippen LogP contribution in [-0.4, -0.2) is 31.7 Å². The normalized spacial score (nSPS) is 11.8. The van der Waals surface area contributed by atoms with E-state index in [4.69, 9.17) is 0 Å². The zero-order chi connectivity index (χ0) is 20.2. The third-order valence-electron chi connectivity index (χ3n) is 4.34. The Morgan fingerprint density at radius 3 is 2.37 bits per heavy atom. The molecule has 2 aromatic rings. The molecule has 7 heteroatoms. The maximum absolute atomic E-state index is 14.2. The van der Waals surface area contributed by atoms with Crippen LogP contribution < -0.4 is 5.32 Å². The van der Waals surface area contributed by atoms with Crippen molar-refractivity contribution in [1.29, 1.82) is 0 Å². The second-order valence-electron chi connectivity index (χ2n) is 6.47. The summed E-state index contributed by atoms with van der Waals surface area (Å²) in [7, 11) is -3.78. The lowest BCUT2D eigenvalue weighted by Gasteiger charge is -2.19. The minimum Gasteiger partial charge on any atom is -0.322 e. The molecule has 0 unspecified atom stereocenters. The van der Waals surface area contributed by atoms with Crippen molar-refractivity contribution in [3.05, 3.63) is 59.4 Å². The van der Waals surface area contributed by atoms with E-state index in [1.807, 2.05) is 32.0 Å². The van der Waals surface area contributed by atoms with Crippen LogP contribution >= 0.6 is 0 Å². The topological polar surface area (TPSA) is 66.5 Å². The maximum atomic E-state index is 14.2. The first-order chi connectivity index (χ1) is 12.7. The van der Waals surface area contributed by atoms with Crippen LogP contribution in [0.1, 0.15) is 49.5 Å². The monoisotopic (exact) mass is 392 g/mol. The van der Waals surface area contributed by atoms with Crippen LogP contribution in [0.3, 0.4) is 0 Å². The highest BCUT2D eigenvalue weighted by Gasteiger charge is 2.24. The number of nitrogens with zero attached hydrogens (tertiary/aromatic N) is 1. The number of sulfonamides is 1. The Kier molecular flexibility index (Phi) is 6.73. The van der Waals surface area contributed by atoms with Gasteiger partial charge in [-0.3, -0.25) is 4.79 Å². The molecule has 0 heterocycles. The molecule has 5 nitrogen and oxygen atoms in total. The summed E-state index contributed by atoms with van der Waals surface area (Å²) in [5.41, 5.74) is 1.26. The third kappa shape index (κ3) is 4.73. The average Bonchev–Trinajstić information content (AvgIpc) is 2.62. The van der Waals surface area contributed by atoms with E-state index in [1.165, 1.54) is 10.4 Å². The number of benzene rings is 2. The van der Waals surface area contributed by atoms with E-state index in [0.717, 1.165) is 17.7 Å². The average molecular weight is 392 g/mol. The summed E-state index contributed by atoms with van der Waals surface area (Å²) in [5, 5.41) is 2.64. The van der Waals surface area contributed by atoms with Gasteiger partial charge in [0, 0.05) is 18.8 Å². The first kappa shape index (κ1) is 21.1. The van der Waals surface area contributed by atoms with Crippen LogP contribution in [0.2, 0.25) is 0 Å². The molecule has 1 N–H and O–H groups in total. The molecule has 0 spiro atoms. The highest BCUT2D eigenvalue weighted by molar-refractivity contribution is 7.89. The fraction of sp³-hybridized carbons (Fsp3) is 0.350. The van der Waals surface area contributed by atoms with Crippen molar-refractivity contribution in [3.63, 3.8) is 0 Å². The van der Waals surface area contributed by atoms with E-state index >= 15 is 0 Å². The quantitative estimate of drug-likeness (QED) is 0.767. The van der Waals surface area contributed by atoms with Gasteiger partial charge in [0.25, 0.3) is 5.91 Å². The minimum absolute atomic E-state index is 0.103. The zero-order valence-corrected chi connectivity index (χ0v) is 16.8. The number of amides is 1. The van der Waals surface area contributed by atoms with Gasteiger partial charge in [-0.15, -0.1) is 0 Å². The molecule has 0 saturated heterocycles. The summed E-state index contributed by atoms with van der Waals surface area (Å²) in [5.74, 6) is -1.18. The molecule has 146 valence electrons. The van der Waals surface area contributed by atoms with Gasteiger partial charge in [0.2, 0.25) is 10.0 Å². The van der Waals surface area contributed by atoms with E-state index in [9.17, 15) is 17.6 Å². The molecule has 0 aliphatic rings. The van der Waals surface area contributed by atoms with Crippen molar-refractivity contribution in [3.8, 4) is 0 Å². The van der Waals surface area contributed by atoms with E-state index in [-0.39, 0.29) is 16.4 Å². The maximum Gasteiger partial charge on any atom is 0.258 e. The van der Waals surface area contributed by atoms with E-state index in [2.05, 4.69) is 5.32 Å². The molecule has 0 aliphatic heterocycles. The van der Waals surface area contributed by atoms with Gasteiger partial charge >= 0.3 is 0 Å². The van der Waals surface area contributed by atoms with Crippen LogP contribution in [0.4, 0.5) is 10.1 Å². The first-order valence-electron chi connectivity index (χ1n) is 8.91. The second kappa shape index (κ2) is 8.63. The second-order valence-corrected chi connectivity index (χ2v) is 8.40. The Bertz CT molecular complexity index is 923. The standard InChI is InChI=1S/C20H25FN2O3S/c1-5-23(6-2)27(25,26)17-10-11-19(21)18(13-17)20(24)22-16-9-7-8-15(12-16)14(3)4/h7-14H,5-6H2,1-4H3,(H,22,24). The number of nitrogens with one attached hydrogen (secondary N) is 1. The highest BCUT2D eigenvalue weighted by atomic mass is 32.2. The Morgan fingerprint density at radius 1 is 1.11 bits per heavy atom. The SMILES string of the molecule is CCN(CC)S(=O)(=O)c1ccc(F)c(C(=O)Nc2cccc(C(C)C)c2)c1. The molecule has 0 bridgehead atoms. The lowest BCUT2D eigenvalue weighted by Crippen LogP contribution is -2.31. The summed E-state index contributed by atoms with van der Waals surface area (Å²) in [6.07, 6.45) is 0. The number of carbonyl (C=O) groups is 1. The van der Waals surface area contributed by atoms with E-state index < -0.39 is 21.7 Å². The lowest BCUT2D eigenvalue weighted by atomic mass is 10.0. The summed E-state index contributed by atoms with van der Waals surface area (Å²) >= 11 is 0. The Labute approximate surface area is 160 Å². The van der Waals surface area contributed by atoms with E-state index in [1.54, 1.807) is 19.9 Å². The van der Waals surface area contributed by atoms with Gasteiger partial charge in [0.15, 0.2) is 0 Å². The van der Waals surface area contributed by atoms with Crippen LogP contribution in [0, 0.1) is 5.82 Å². The molecule has 2 aromatic carbocycles. The van der Waals surface area contributed by atoms with Crippen molar-refractivity contribution < 1.29 is 17.6 Å². The number of carbonyl (C=O) groups excluding carboxylic acids is 1. The molecular weight excluding hydrogens is 367 g/mol. The minimum atomic E-state index is -3.78. The molecule has 0 aromatic heterocycles. The summed E-state index contributed by atoms with van der Waals surface area (Å²) in [4.78, 5) is 12.4. The Hall–Kier alpha value is -2.25. The van der Waals surface area contributed by atoms with Crippen molar-refractivity contribution in [1.82, 2.24) is 4.31 Å². The first-order valence-corrected chi connectivity index (χ1v) is 10.4. The molecule has 0 radical (unpaired) electrons. The van der Waals surface area contributed by atoms with Gasteiger partial charge in [-0.2, -0.15) is 4.31 Å². The van der Waals surface area contributed by atoms with Gasteiger partial charge in [0.1, 0.15) is 5.82 Å². The lowest BCUT2D eigenvalue weighted by molar-refractivity contribution is 0.102.